The van der Waals surface area contributed by atoms with Crippen molar-refractivity contribution in [2.75, 3.05) is 237 Å². The van der Waals surface area contributed by atoms with E-state index in [0.717, 1.165) is 0 Å². The fourth-order valence-electron chi connectivity index (χ4n) is 9.32. The highest BCUT2D eigenvalue weighted by Gasteiger charge is 2.30. The number of nitrogens with zero attached hydrogens (tertiary/aromatic N) is 4. The molecule has 2 rings (SSSR count). The second-order valence-electron chi connectivity index (χ2n) is 22.4. The number of aliphatic carboxylic acids is 4. The molecule has 1 aromatic carbocycles. The zero-order valence-electron chi connectivity index (χ0n) is 57.2. The van der Waals surface area contributed by atoms with Crippen molar-refractivity contribution in [2.45, 2.75) is 76.3 Å². The molecule has 0 radical (unpaired) electrons. The highest BCUT2D eigenvalue weighted by molar-refractivity contribution is 5.87. The third kappa shape index (κ3) is 46.9. The number of carbonyl (C=O) groups is 9. The van der Waals surface area contributed by atoms with E-state index in [0.29, 0.717) is 65.7 Å². The number of unbranched alkanes of at least 4 members (excludes halogenated alkanes) is 2. The standard InChI is InChI=1S/C63H104F4N8O25/c1-89-26-27-93-34-35-97-42-43-98-39-36-94-31-28-90-23-11-54(78)71-50(6-4-5-12-68-52(76)7-2-3-8-58(85)100-61-59(66)48(64)44-49(65)60(61)67)62(86)70-14-25-92-30-33-96-38-41-99-40-37-95-32-29-91-24-13-69-53(77)10-9-51(63(87)88)75-21-19-73(46-56(81)82)17-15-72(45-55(79)80)16-18-74(20-22-75)47-57(83)84/h44,50-51H,2-43,45-47H2,1H3,(H,68,76)(H,69,77)(H,70,86)(H,71,78)(H,79,80)(H,81,82)(H,83,84)(H,87,88)/t50-,51?/m1/s1. The first-order chi connectivity index (χ1) is 48.2. The number of carbonyl (C=O) groups excluding carboxylic acids is 5. The minimum Gasteiger partial charge on any atom is -0.480 e. The molecule has 1 aliphatic heterocycles. The van der Waals surface area contributed by atoms with Crippen molar-refractivity contribution in [1.29, 1.82) is 0 Å². The van der Waals surface area contributed by atoms with Crippen LogP contribution in [0, 0.1) is 23.3 Å². The summed E-state index contributed by atoms with van der Waals surface area (Å²) in [5.74, 6) is -16.0. The Morgan fingerprint density at radius 2 is 0.800 bits per heavy atom. The van der Waals surface area contributed by atoms with Gasteiger partial charge in [0, 0.05) is 111 Å². The Hall–Kier alpha value is -6.43. The lowest BCUT2D eigenvalue weighted by molar-refractivity contribution is -0.145. The van der Waals surface area contributed by atoms with E-state index in [1.807, 2.05) is 0 Å². The van der Waals surface area contributed by atoms with Gasteiger partial charge in [0.15, 0.2) is 11.6 Å². The number of esters is 1. The maximum Gasteiger partial charge on any atom is 0.320 e. The first kappa shape index (κ1) is 89.7. The molecule has 0 aromatic heterocycles. The van der Waals surface area contributed by atoms with Crippen molar-refractivity contribution >= 4 is 53.5 Å². The van der Waals surface area contributed by atoms with Gasteiger partial charge in [0.25, 0.3) is 0 Å². The van der Waals surface area contributed by atoms with Gasteiger partial charge < -0.3 is 98.5 Å². The number of nitrogens with one attached hydrogen (secondary N) is 4. The number of carboxylic acid groups (broad SMARTS) is 4. The maximum absolute atomic E-state index is 13.8. The average molecular weight is 1450 g/mol. The van der Waals surface area contributed by atoms with Gasteiger partial charge in [-0.05, 0) is 38.5 Å². The Balaban J connectivity index is 1.64. The van der Waals surface area contributed by atoms with Crippen LogP contribution in [0.2, 0.25) is 0 Å². The molecule has 1 heterocycles. The Labute approximate surface area is 579 Å². The van der Waals surface area contributed by atoms with Crippen LogP contribution in [-0.4, -0.2) is 343 Å². The Morgan fingerprint density at radius 1 is 0.420 bits per heavy atom. The van der Waals surface area contributed by atoms with E-state index >= 15 is 0 Å². The third-order valence-corrected chi connectivity index (χ3v) is 14.5. The van der Waals surface area contributed by atoms with Gasteiger partial charge >= 0.3 is 29.8 Å². The smallest absolute Gasteiger partial charge is 0.320 e. The number of ether oxygens (including phenoxy) is 12. The zero-order valence-corrected chi connectivity index (χ0v) is 57.2. The topological polar surface area (TPSA) is 406 Å². The van der Waals surface area contributed by atoms with Crippen molar-refractivity contribution in [2.24, 2.45) is 0 Å². The quantitative estimate of drug-likeness (QED) is 0.0136. The summed E-state index contributed by atoms with van der Waals surface area (Å²) < 4.78 is 119. The van der Waals surface area contributed by atoms with Gasteiger partial charge in [0.05, 0.1) is 158 Å². The minimum absolute atomic E-state index is 0.0160. The lowest BCUT2D eigenvalue weighted by atomic mass is 10.1. The van der Waals surface area contributed by atoms with Crippen molar-refractivity contribution in [3.8, 4) is 5.75 Å². The molecule has 0 bridgehead atoms. The fraction of sp³-hybridized carbons (Fsp3) is 0.762. The molecule has 1 unspecified atom stereocenters. The molecule has 574 valence electrons. The van der Waals surface area contributed by atoms with Crippen molar-refractivity contribution in [1.82, 2.24) is 40.9 Å². The van der Waals surface area contributed by atoms with E-state index < -0.39 is 88.7 Å². The van der Waals surface area contributed by atoms with Gasteiger partial charge in [-0.1, -0.05) is 0 Å². The van der Waals surface area contributed by atoms with Crippen LogP contribution in [0.3, 0.4) is 0 Å². The van der Waals surface area contributed by atoms with Crippen LogP contribution >= 0.6 is 0 Å². The summed E-state index contributed by atoms with van der Waals surface area (Å²) in [5.41, 5.74) is 0. The van der Waals surface area contributed by atoms with E-state index in [1.54, 1.807) is 26.7 Å². The number of carboxylic acids is 4. The third-order valence-electron chi connectivity index (χ3n) is 14.5. The molecule has 1 fully saturated rings. The Kier molecular flexibility index (Phi) is 52.1. The van der Waals surface area contributed by atoms with Crippen LogP contribution in [0.1, 0.15) is 64.2 Å². The molecule has 2 atom stereocenters. The predicted molar refractivity (Wildman–Crippen MR) is 344 cm³/mol. The molecule has 0 aliphatic carbocycles. The Bertz CT molecular complexity index is 2430. The number of benzene rings is 1. The first-order valence-corrected chi connectivity index (χ1v) is 33.4. The first-order valence-electron chi connectivity index (χ1n) is 33.4. The van der Waals surface area contributed by atoms with Crippen LogP contribution in [-0.2, 0) is 95.3 Å². The number of amides is 4. The molecule has 4 amide bonds. The number of methoxy groups -OCH3 is 1. The van der Waals surface area contributed by atoms with Gasteiger partial charge in [-0.3, -0.25) is 62.8 Å². The van der Waals surface area contributed by atoms with Gasteiger partial charge in [0.1, 0.15) is 12.1 Å². The van der Waals surface area contributed by atoms with Crippen LogP contribution in [0.4, 0.5) is 17.6 Å². The van der Waals surface area contributed by atoms with Gasteiger partial charge in [-0.15, -0.1) is 0 Å². The highest BCUT2D eigenvalue weighted by atomic mass is 19.2. The summed E-state index contributed by atoms with van der Waals surface area (Å²) in [6.45, 7) is 6.79. The summed E-state index contributed by atoms with van der Waals surface area (Å²) in [4.78, 5) is 117. The number of hydrogen-bond acceptors (Lipinski definition) is 25. The van der Waals surface area contributed by atoms with Gasteiger partial charge in [-0.2, -0.15) is 8.78 Å². The lowest BCUT2D eigenvalue weighted by Gasteiger charge is -2.35. The van der Waals surface area contributed by atoms with Gasteiger partial charge in [0.2, 0.25) is 41.0 Å². The molecule has 8 N–H and O–H groups in total. The Morgan fingerprint density at radius 3 is 1.23 bits per heavy atom. The molecule has 33 nitrogen and oxygen atoms in total. The second-order valence-corrected chi connectivity index (χ2v) is 22.4. The summed E-state index contributed by atoms with van der Waals surface area (Å²) in [6, 6.07) is -2.10. The summed E-state index contributed by atoms with van der Waals surface area (Å²) in [6.07, 6.45) is 0.631. The molecule has 100 heavy (non-hydrogen) atoms. The molecule has 1 saturated heterocycles. The van der Waals surface area contributed by atoms with Crippen LogP contribution in [0.15, 0.2) is 6.07 Å². The normalized spacial score (nSPS) is 14.3. The molecule has 0 spiro atoms. The van der Waals surface area contributed by atoms with Gasteiger partial charge in [-0.25, -0.2) is 8.78 Å². The molecule has 1 aromatic rings. The number of rotatable bonds is 60. The summed E-state index contributed by atoms with van der Waals surface area (Å²) >= 11 is 0. The fourth-order valence-corrected chi connectivity index (χ4v) is 9.32. The largest absolute Gasteiger partial charge is 0.480 e. The van der Waals surface area contributed by atoms with E-state index in [4.69, 9.17) is 52.1 Å². The molecule has 0 saturated carbocycles. The zero-order chi connectivity index (χ0) is 73.4. The molecule has 1 aliphatic rings. The summed E-state index contributed by atoms with van der Waals surface area (Å²) in [7, 11) is 1.60. The molecular formula is C63H104F4N8O25. The SMILES string of the molecule is COCCOCCOCCOCCOCCOCCC(=O)N[C@H](CCCCNC(=O)CCCCC(=O)Oc1c(F)c(F)cc(F)c1F)C(=O)NCCOCCOCCOCCOCCOCCNC(=O)CCC(C(=O)O)N1CCN(CC(=O)O)CCN(CC(=O)O)CCN(CC(=O)O)CC1. The second kappa shape index (κ2) is 58.1. The van der Waals surface area contributed by atoms with E-state index in [1.165, 1.54) is 0 Å². The van der Waals surface area contributed by atoms with Crippen molar-refractivity contribution in [3.63, 3.8) is 0 Å². The van der Waals surface area contributed by atoms with Crippen LogP contribution in [0.5, 0.6) is 5.75 Å². The van der Waals surface area contributed by atoms with E-state index in [2.05, 4.69) is 26.0 Å². The maximum atomic E-state index is 13.8. The van der Waals surface area contributed by atoms with E-state index in [9.17, 15) is 81.1 Å². The van der Waals surface area contributed by atoms with Crippen molar-refractivity contribution in [3.05, 3.63) is 29.3 Å². The lowest BCUT2D eigenvalue weighted by Crippen LogP contribution is -2.52. The number of halogens is 4. The van der Waals surface area contributed by atoms with Crippen LogP contribution in [0.25, 0.3) is 0 Å². The average Bonchev–Trinajstić information content (AvgIpc) is 0.826. The highest BCUT2D eigenvalue weighted by Crippen LogP contribution is 2.27. The molecular weight excluding hydrogens is 1340 g/mol. The van der Waals surface area contributed by atoms with Crippen molar-refractivity contribution < 1.29 is 138 Å². The predicted octanol–water partition coefficient (Wildman–Crippen LogP) is -0.376. The molecule has 37 heteroatoms. The number of hydrogen-bond donors (Lipinski definition) is 8. The van der Waals surface area contributed by atoms with E-state index in [-0.39, 0.29) is 241 Å². The summed E-state index contributed by atoms with van der Waals surface area (Å²) in [5, 5.41) is 49.6. The minimum atomic E-state index is -1.85. The van der Waals surface area contributed by atoms with Crippen LogP contribution < -0.4 is 26.0 Å². The monoisotopic (exact) mass is 1450 g/mol.